The maximum absolute atomic E-state index is 12.5. The predicted octanol–water partition coefficient (Wildman–Crippen LogP) is 1.37. The van der Waals surface area contributed by atoms with Crippen LogP contribution in [0.4, 0.5) is 0 Å². The van der Waals surface area contributed by atoms with E-state index < -0.39 is 27.8 Å². The number of aliphatic carboxylic acids is 1. The number of amides is 1. The van der Waals surface area contributed by atoms with E-state index in [1.165, 1.54) is 25.3 Å². The van der Waals surface area contributed by atoms with Crippen LogP contribution in [-0.4, -0.2) is 45.1 Å². The SMILES string of the molecule is CCCC(CNC(=O)c1ccc(OC)c(S(=O)(=O)NC2CC2)c1)C(=O)O. The van der Waals surface area contributed by atoms with Crippen molar-refractivity contribution < 1.29 is 27.9 Å². The number of hydrogen-bond donors (Lipinski definition) is 3. The van der Waals surface area contributed by atoms with E-state index >= 15 is 0 Å². The predicted molar refractivity (Wildman–Crippen MR) is 94.7 cm³/mol. The second kappa shape index (κ2) is 8.50. The molecule has 1 saturated carbocycles. The smallest absolute Gasteiger partial charge is 0.308 e. The molecule has 1 aromatic rings. The number of benzene rings is 1. The fourth-order valence-electron chi connectivity index (χ4n) is 2.49. The largest absolute Gasteiger partial charge is 0.495 e. The molecule has 0 spiro atoms. The van der Waals surface area contributed by atoms with Crippen molar-refractivity contribution in [2.45, 2.75) is 43.5 Å². The summed E-state index contributed by atoms with van der Waals surface area (Å²) in [5.74, 6) is -2.04. The van der Waals surface area contributed by atoms with Crippen LogP contribution in [0.25, 0.3) is 0 Å². The van der Waals surface area contributed by atoms with Crippen LogP contribution < -0.4 is 14.8 Å². The van der Waals surface area contributed by atoms with Gasteiger partial charge in [-0.2, -0.15) is 0 Å². The van der Waals surface area contributed by atoms with E-state index in [1.807, 2.05) is 6.92 Å². The summed E-state index contributed by atoms with van der Waals surface area (Å²) in [6.45, 7) is 1.85. The van der Waals surface area contributed by atoms with Gasteiger partial charge in [-0.3, -0.25) is 9.59 Å². The van der Waals surface area contributed by atoms with Crippen molar-refractivity contribution in [1.82, 2.24) is 10.0 Å². The van der Waals surface area contributed by atoms with E-state index in [-0.39, 0.29) is 28.8 Å². The van der Waals surface area contributed by atoms with Gasteiger partial charge in [0.05, 0.1) is 13.0 Å². The number of carboxylic acids is 1. The Hall–Kier alpha value is -2.13. The molecule has 144 valence electrons. The van der Waals surface area contributed by atoms with Crippen LogP contribution in [-0.2, 0) is 14.8 Å². The average molecular weight is 384 g/mol. The van der Waals surface area contributed by atoms with E-state index in [1.54, 1.807) is 0 Å². The molecular weight excluding hydrogens is 360 g/mol. The summed E-state index contributed by atoms with van der Waals surface area (Å²) in [6, 6.07) is 4.03. The Morgan fingerprint density at radius 3 is 2.58 bits per heavy atom. The number of methoxy groups -OCH3 is 1. The number of sulfonamides is 1. The summed E-state index contributed by atoms with van der Waals surface area (Å²) in [5, 5.41) is 11.7. The first-order valence-electron chi connectivity index (χ1n) is 8.49. The number of carbonyl (C=O) groups excluding carboxylic acids is 1. The third-order valence-electron chi connectivity index (χ3n) is 4.11. The van der Waals surface area contributed by atoms with Gasteiger partial charge in [-0.25, -0.2) is 13.1 Å². The summed E-state index contributed by atoms with van der Waals surface area (Å²) >= 11 is 0. The molecule has 2 rings (SSSR count). The van der Waals surface area contributed by atoms with E-state index in [2.05, 4.69) is 10.0 Å². The average Bonchev–Trinajstić information content (AvgIpc) is 3.40. The third-order valence-corrected chi connectivity index (χ3v) is 5.65. The Morgan fingerprint density at radius 2 is 2.04 bits per heavy atom. The molecule has 1 fully saturated rings. The van der Waals surface area contributed by atoms with Crippen LogP contribution in [0.15, 0.2) is 23.1 Å². The van der Waals surface area contributed by atoms with Crippen LogP contribution in [0.2, 0.25) is 0 Å². The van der Waals surface area contributed by atoms with Gasteiger partial charge >= 0.3 is 5.97 Å². The van der Waals surface area contributed by atoms with Crippen molar-refractivity contribution in [3.8, 4) is 5.75 Å². The highest BCUT2D eigenvalue weighted by Crippen LogP contribution is 2.28. The van der Waals surface area contributed by atoms with E-state index in [0.717, 1.165) is 12.8 Å². The molecule has 8 nitrogen and oxygen atoms in total. The van der Waals surface area contributed by atoms with Gasteiger partial charge in [-0.1, -0.05) is 13.3 Å². The lowest BCUT2D eigenvalue weighted by Gasteiger charge is -2.14. The Kier molecular flexibility index (Phi) is 6.60. The molecule has 0 aliphatic heterocycles. The summed E-state index contributed by atoms with van der Waals surface area (Å²) in [5.41, 5.74) is 0.127. The summed E-state index contributed by atoms with van der Waals surface area (Å²) in [7, 11) is -2.44. The highest BCUT2D eigenvalue weighted by atomic mass is 32.2. The van der Waals surface area contributed by atoms with Gasteiger partial charge in [0.15, 0.2) is 0 Å². The standard InChI is InChI=1S/C17H24N2O6S/c1-3-4-12(17(21)22)10-18-16(20)11-5-8-14(25-2)15(9-11)26(23,24)19-13-6-7-13/h5,8-9,12-13,19H,3-4,6-7,10H2,1-2H3,(H,18,20)(H,21,22). The van der Waals surface area contributed by atoms with E-state index in [4.69, 9.17) is 9.84 Å². The van der Waals surface area contributed by atoms with Crippen molar-refractivity contribution in [3.05, 3.63) is 23.8 Å². The number of hydrogen-bond acceptors (Lipinski definition) is 5. The Morgan fingerprint density at radius 1 is 1.35 bits per heavy atom. The molecule has 1 aromatic carbocycles. The molecule has 0 radical (unpaired) electrons. The van der Waals surface area contributed by atoms with Crippen molar-refractivity contribution in [2.24, 2.45) is 5.92 Å². The molecule has 0 aromatic heterocycles. The first-order chi connectivity index (χ1) is 12.3. The second-order valence-electron chi connectivity index (χ2n) is 6.30. The van der Waals surface area contributed by atoms with Crippen LogP contribution in [0.3, 0.4) is 0 Å². The fourth-order valence-corrected chi connectivity index (χ4v) is 3.99. The number of ether oxygens (including phenoxy) is 1. The molecule has 0 bridgehead atoms. The van der Waals surface area contributed by atoms with Gasteiger partial charge in [-0.05, 0) is 37.5 Å². The maximum atomic E-state index is 12.5. The van der Waals surface area contributed by atoms with Crippen LogP contribution >= 0.6 is 0 Å². The number of nitrogens with one attached hydrogen (secondary N) is 2. The molecule has 3 N–H and O–H groups in total. The van der Waals surface area contributed by atoms with Crippen molar-refractivity contribution in [1.29, 1.82) is 0 Å². The Balaban J connectivity index is 2.17. The van der Waals surface area contributed by atoms with Crippen molar-refractivity contribution in [2.75, 3.05) is 13.7 Å². The van der Waals surface area contributed by atoms with Crippen molar-refractivity contribution >= 4 is 21.9 Å². The van der Waals surface area contributed by atoms with Gasteiger partial charge in [0, 0.05) is 18.2 Å². The van der Waals surface area contributed by atoms with E-state index in [9.17, 15) is 18.0 Å². The zero-order valence-corrected chi connectivity index (χ0v) is 15.6. The van der Waals surface area contributed by atoms with Gasteiger partial charge in [-0.15, -0.1) is 0 Å². The minimum Gasteiger partial charge on any atom is -0.495 e. The highest BCUT2D eigenvalue weighted by molar-refractivity contribution is 7.89. The Labute approximate surface area is 153 Å². The van der Waals surface area contributed by atoms with Crippen LogP contribution in [0, 0.1) is 5.92 Å². The molecular formula is C17H24N2O6S. The van der Waals surface area contributed by atoms with Crippen molar-refractivity contribution in [3.63, 3.8) is 0 Å². The minimum atomic E-state index is -3.80. The lowest BCUT2D eigenvalue weighted by molar-refractivity contribution is -0.141. The van der Waals surface area contributed by atoms with Gasteiger partial charge in [0.1, 0.15) is 10.6 Å². The van der Waals surface area contributed by atoms with Crippen LogP contribution in [0.5, 0.6) is 5.75 Å². The van der Waals surface area contributed by atoms with Gasteiger partial charge < -0.3 is 15.2 Å². The Bertz CT molecular complexity index is 773. The summed E-state index contributed by atoms with van der Waals surface area (Å²) < 4.78 is 32.6. The lowest BCUT2D eigenvalue weighted by atomic mass is 10.0. The molecule has 26 heavy (non-hydrogen) atoms. The molecule has 1 aliphatic rings. The highest BCUT2D eigenvalue weighted by Gasteiger charge is 2.30. The second-order valence-corrected chi connectivity index (χ2v) is 7.98. The first-order valence-corrected chi connectivity index (χ1v) is 9.98. The molecule has 9 heteroatoms. The molecule has 1 aliphatic carbocycles. The summed E-state index contributed by atoms with van der Waals surface area (Å²) in [4.78, 5) is 23.4. The zero-order chi connectivity index (χ0) is 19.3. The minimum absolute atomic E-state index is 0.0174. The topological polar surface area (TPSA) is 122 Å². The molecule has 0 heterocycles. The maximum Gasteiger partial charge on any atom is 0.308 e. The summed E-state index contributed by atoms with van der Waals surface area (Å²) in [6.07, 6.45) is 2.71. The fraction of sp³-hybridized carbons (Fsp3) is 0.529. The van der Waals surface area contributed by atoms with Gasteiger partial charge in [0.2, 0.25) is 10.0 Å². The number of carboxylic acid groups (broad SMARTS) is 1. The monoisotopic (exact) mass is 384 g/mol. The molecule has 1 unspecified atom stereocenters. The quantitative estimate of drug-likeness (QED) is 0.560. The first kappa shape index (κ1) is 20.2. The number of carbonyl (C=O) groups is 2. The molecule has 1 amide bonds. The third kappa shape index (κ3) is 5.18. The van der Waals surface area contributed by atoms with Gasteiger partial charge in [0.25, 0.3) is 5.91 Å². The lowest BCUT2D eigenvalue weighted by Crippen LogP contribution is -2.33. The normalized spacial score (nSPS) is 15.3. The van der Waals surface area contributed by atoms with E-state index in [0.29, 0.717) is 12.8 Å². The molecule has 0 saturated heterocycles. The van der Waals surface area contributed by atoms with Crippen LogP contribution in [0.1, 0.15) is 43.0 Å². The zero-order valence-electron chi connectivity index (χ0n) is 14.8. The number of rotatable bonds is 10. The molecule has 1 atom stereocenters.